The van der Waals surface area contributed by atoms with Gasteiger partial charge in [-0.05, 0) is 12.1 Å². The fourth-order valence-corrected chi connectivity index (χ4v) is 1.02. The summed E-state index contributed by atoms with van der Waals surface area (Å²) in [6, 6.07) is 2.99. The number of anilines is 1. The molecule has 17 heavy (non-hydrogen) atoms. The number of nitrogens with one attached hydrogen (secondary N) is 1. The molecule has 0 aliphatic rings. The van der Waals surface area contributed by atoms with E-state index in [2.05, 4.69) is 10.3 Å². The van der Waals surface area contributed by atoms with Crippen molar-refractivity contribution in [3.8, 4) is 0 Å². The highest BCUT2D eigenvalue weighted by molar-refractivity contribution is 5.35. The van der Waals surface area contributed by atoms with Crippen molar-refractivity contribution in [2.45, 2.75) is 18.8 Å². The predicted molar refractivity (Wildman–Crippen MR) is 48.4 cm³/mol. The minimum Gasteiger partial charge on any atom is -0.370 e. The van der Waals surface area contributed by atoms with Gasteiger partial charge in [0.1, 0.15) is 11.5 Å². The Labute approximate surface area is 92.7 Å². The van der Waals surface area contributed by atoms with Gasteiger partial charge >= 0.3 is 12.4 Å². The molecule has 0 amide bonds. The van der Waals surface area contributed by atoms with E-state index in [9.17, 15) is 26.3 Å². The Bertz CT molecular complexity index is 370. The van der Waals surface area contributed by atoms with Crippen LogP contribution >= 0.6 is 0 Å². The molecule has 2 nitrogen and oxygen atoms in total. The number of hydrogen-bond acceptors (Lipinski definition) is 2. The lowest BCUT2D eigenvalue weighted by Crippen LogP contribution is -2.16. The number of alkyl halides is 6. The van der Waals surface area contributed by atoms with E-state index in [0.29, 0.717) is 0 Å². The molecule has 1 rings (SSSR count). The van der Waals surface area contributed by atoms with Gasteiger partial charge in [-0.15, -0.1) is 0 Å². The van der Waals surface area contributed by atoms with E-state index in [-0.39, 0.29) is 5.82 Å². The maximum absolute atomic E-state index is 12.2. The molecule has 8 heteroatoms. The quantitative estimate of drug-likeness (QED) is 0.840. The van der Waals surface area contributed by atoms with Gasteiger partial charge in [0.2, 0.25) is 0 Å². The van der Waals surface area contributed by atoms with Gasteiger partial charge in [0.05, 0.1) is 6.42 Å². The van der Waals surface area contributed by atoms with Crippen molar-refractivity contribution < 1.29 is 26.3 Å². The number of rotatable bonds is 3. The van der Waals surface area contributed by atoms with Crippen LogP contribution in [0.2, 0.25) is 0 Å². The lowest BCUT2D eigenvalue weighted by Gasteiger charge is -2.10. The molecule has 0 aliphatic carbocycles. The third-order valence-electron chi connectivity index (χ3n) is 1.75. The van der Waals surface area contributed by atoms with Crippen molar-refractivity contribution in [1.82, 2.24) is 4.98 Å². The van der Waals surface area contributed by atoms with Gasteiger partial charge in [-0.3, -0.25) is 0 Å². The van der Waals surface area contributed by atoms with E-state index < -0.39 is 31.0 Å². The molecule has 0 atom stereocenters. The molecule has 1 heterocycles. The lowest BCUT2D eigenvalue weighted by atomic mass is 10.3. The Morgan fingerprint density at radius 1 is 1.06 bits per heavy atom. The first kappa shape index (κ1) is 13.6. The summed E-state index contributed by atoms with van der Waals surface area (Å²) in [6.07, 6.45) is -10.1. The highest BCUT2D eigenvalue weighted by Crippen LogP contribution is 2.28. The zero-order chi connectivity index (χ0) is 13.1. The van der Waals surface area contributed by atoms with E-state index in [4.69, 9.17) is 0 Å². The Morgan fingerprint density at radius 2 is 1.71 bits per heavy atom. The third-order valence-corrected chi connectivity index (χ3v) is 1.75. The molecule has 0 fully saturated rings. The largest absolute Gasteiger partial charge is 0.433 e. The third kappa shape index (κ3) is 4.92. The van der Waals surface area contributed by atoms with E-state index in [1.54, 1.807) is 0 Å². The van der Waals surface area contributed by atoms with Crippen molar-refractivity contribution >= 4 is 5.82 Å². The first-order valence-electron chi connectivity index (χ1n) is 4.53. The van der Waals surface area contributed by atoms with E-state index in [1.165, 1.54) is 6.07 Å². The van der Waals surface area contributed by atoms with Gasteiger partial charge in [0, 0.05) is 6.54 Å². The van der Waals surface area contributed by atoms with Crippen LogP contribution in [0.3, 0.4) is 0 Å². The zero-order valence-corrected chi connectivity index (χ0v) is 8.36. The summed E-state index contributed by atoms with van der Waals surface area (Å²) in [5, 5.41) is 2.18. The van der Waals surface area contributed by atoms with Gasteiger partial charge in [-0.1, -0.05) is 6.07 Å². The van der Waals surface area contributed by atoms with Gasteiger partial charge in [-0.2, -0.15) is 26.3 Å². The summed E-state index contributed by atoms with van der Waals surface area (Å²) in [5.74, 6) is -0.232. The normalized spacial score (nSPS) is 12.6. The molecule has 1 N–H and O–H groups in total. The molecule has 1 aromatic heterocycles. The van der Waals surface area contributed by atoms with Crippen LogP contribution in [0.15, 0.2) is 18.2 Å². The number of nitrogens with zero attached hydrogens (tertiary/aromatic N) is 1. The average molecular weight is 258 g/mol. The molecule has 0 saturated carbocycles. The van der Waals surface area contributed by atoms with Gasteiger partial charge in [-0.25, -0.2) is 4.98 Å². The maximum Gasteiger partial charge on any atom is 0.433 e. The Kier molecular flexibility index (Phi) is 3.84. The second-order valence-electron chi connectivity index (χ2n) is 3.20. The molecule has 0 bridgehead atoms. The van der Waals surface area contributed by atoms with Crippen LogP contribution in [0.4, 0.5) is 32.2 Å². The van der Waals surface area contributed by atoms with Gasteiger partial charge in [0.25, 0.3) is 0 Å². The van der Waals surface area contributed by atoms with Crippen LogP contribution in [-0.4, -0.2) is 17.7 Å². The van der Waals surface area contributed by atoms with Crippen LogP contribution < -0.4 is 5.32 Å². The minimum absolute atomic E-state index is 0.232. The van der Waals surface area contributed by atoms with Crippen molar-refractivity contribution in [2.75, 3.05) is 11.9 Å². The minimum atomic E-state index is -4.61. The molecular weight excluding hydrogens is 250 g/mol. The van der Waals surface area contributed by atoms with Gasteiger partial charge in [0.15, 0.2) is 0 Å². The smallest absolute Gasteiger partial charge is 0.370 e. The van der Waals surface area contributed by atoms with Crippen LogP contribution in [0.5, 0.6) is 0 Å². The molecular formula is C9H8F6N2. The van der Waals surface area contributed by atoms with Crippen LogP contribution in [0.25, 0.3) is 0 Å². The second kappa shape index (κ2) is 4.80. The van der Waals surface area contributed by atoms with E-state index in [1.807, 2.05) is 0 Å². The Morgan fingerprint density at radius 3 is 2.24 bits per heavy atom. The molecule has 0 radical (unpaired) electrons. The highest BCUT2D eigenvalue weighted by atomic mass is 19.4. The van der Waals surface area contributed by atoms with E-state index >= 15 is 0 Å². The van der Waals surface area contributed by atoms with Crippen molar-refractivity contribution in [3.63, 3.8) is 0 Å². The second-order valence-corrected chi connectivity index (χ2v) is 3.20. The number of aromatic nitrogens is 1. The van der Waals surface area contributed by atoms with Crippen LogP contribution in [0, 0.1) is 0 Å². The predicted octanol–water partition coefficient (Wildman–Crippen LogP) is 3.46. The topological polar surface area (TPSA) is 24.9 Å². The number of hydrogen-bond donors (Lipinski definition) is 1. The summed E-state index contributed by atoms with van der Waals surface area (Å²) in [5.41, 5.74) is -1.14. The molecule has 0 aromatic carbocycles. The van der Waals surface area contributed by atoms with Gasteiger partial charge < -0.3 is 5.32 Å². The molecule has 0 spiro atoms. The highest BCUT2D eigenvalue weighted by Gasteiger charge is 2.32. The fourth-order valence-electron chi connectivity index (χ4n) is 1.02. The standard InChI is InChI=1S/C9H8F6N2/c10-8(11,12)4-5-16-7-3-1-2-6(17-7)9(13,14)15/h1-3H,4-5H2,(H,16,17). The van der Waals surface area contributed by atoms with E-state index in [0.717, 1.165) is 12.1 Å². The lowest BCUT2D eigenvalue weighted by molar-refractivity contribution is -0.141. The Hall–Kier alpha value is -1.47. The first-order valence-corrected chi connectivity index (χ1v) is 4.53. The summed E-state index contributed by atoms with van der Waals surface area (Å²) >= 11 is 0. The van der Waals surface area contributed by atoms with Crippen LogP contribution in [0.1, 0.15) is 12.1 Å². The summed E-state index contributed by atoms with van der Waals surface area (Å²) in [7, 11) is 0. The summed E-state index contributed by atoms with van der Waals surface area (Å²) in [6.45, 7) is -0.516. The summed E-state index contributed by atoms with van der Waals surface area (Å²) in [4.78, 5) is 3.16. The molecule has 0 unspecified atom stereocenters. The molecule has 1 aromatic rings. The summed E-state index contributed by atoms with van der Waals surface area (Å²) < 4.78 is 72.0. The first-order chi connectivity index (χ1) is 7.68. The molecule has 96 valence electrons. The Balaban J connectivity index is 2.61. The fraction of sp³-hybridized carbons (Fsp3) is 0.444. The molecule has 0 saturated heterocycles. The van der Waals surface area contributed by atoms with Crippen molar-refractivity contribution in [1.29, 1.82) is 0 Å². The average Bonchev–Trinajstić information content (AvgIpc) is 2.15. The zero-order valence-electron chi connectivity index (χ0n) is 8.36. The van der Waals surface area contributed by atoms with Crippen molar-refractivity contribution in [2.24, 2.45) is 0 Å². The number of pyridine rings is 1. The maximum atomic E-state index is 12.2. The van der Waals surface area contributed by atoms with Crippen LogP contribution in [-0.2, 0) is 6.18 Å². The molecule has 0 aliphatic heterocycles. The monoisotopic (exact) mass is 258 g/mol. The van der Waals surface area contributed by atoms with Crippen molar-refractivity contribution in [3.05, 3.63) is 23.9 Å². The SMILES string of the molecule is FC(F)(F)CCNc1cccc(C(F)(F)F)n1. The number of halogens is 6.